The summed E-state index contributed by atoms with van der Waals surface area (Å²) in [7, 11) is 1.87. The molecule has 0 spiro atoms. The maximum Gasteiger partial charge on any atom is 0.273 e. The molecule has 1 amide bonds. The number of carbonyl (C=O) groups excluding carboxylic acids is 1. The molecule has 2 aromatic rings. The van der Waals surface area contributed by atoms with E-state index in [1.54, 1.807) is 0 Å². The molecule has 138 valence electrons. The van der Waals surface area contributed by atoms with Crippen LogP contribution in [0.3, 0.4) is 0 Å². The Kier molecular flexibility index (Phi) is 8.35. The van der Waals surface area contributed by atoms with Gasteiger partial charge in [-0.25, -0.2) is 4.98 Å². The molecule has 1 aliphatic heterocycles. The van der Waals surface area contributed by atoms with Gasteiger partial charge in [0.1, 0.15) is 10.7 Å². The van der Waals surface area contributed by atoms with Crippen LogP contribution in [0.5, 0.6) is 0 Å². The van der Waals surface area contributed by atoms with Gasteiger partial charge in [0, 0.05) is 30.6 Å². The number of benzene rings is 1. The van der Waals surface area contributed by atoms with Crippen molar-refractivity contribution in [1.29, 1.82) is 0 Å². The van der Waals surface area contributed by atoms with E-state index in [0.29, 0.717) is 11.6 Å². The molecule has 4 nitrogen and oxygen atoms in total. The van der Waals surface area contributed by atoms with Crippen LogP contribution in [0.2, 0.25) is 0 Å². The summed E-state index contributed by atoms with van der Waals surface area (Å²) in [4.78, 5) is 18.9. The molecule has 1 saturated heterocycles. The maximum absolute atomic E-state index is 12.6. The van der Waals surface area contributed by atoms with Crippen molar-refractivity contribution < 1.29 is 4.79 Å². The number of nitrogens with zero attached hydrogens (tertiary/aromatic N) is 2. The number of hydrogen-bond donors (Lipinski definition) is 1. The molecule has 1 aliphatic rings. The Morgan fingerprint density at radius 2 is 1.96 bits per heavy atom. The Bertz CT molecular complexity index is 682. The summed E-state index contributed by atoms with van der Waals surface area (Å²) >= 11 is 1.53. The van der Waals surface area contributed by atoms with E-state index < -0.39 is 0 Å². The summed E-state index contributed by atoms with van der Waals surface area (Å²) in [5, 5.41) is 6.07. The molecule has 2 heterocycles. The van der Waals surface area contributed by atoms with Crippen molar-refractivity contribution in [3.8, 4) is 10.6 Å². The first-order valence-corrected chi connectivity index (χ1v) is 8.98. The number of hydrogen-bond acceptors (Lipinski definition) is 4. The summed E-state index contributed by atoms with van der Waals surface area (Å²) in [5.74, 6) is 0.533. The van der Waals surface area contributed by atoms with Crippen molar-refractivity contribution in [2.24, 2.45) is 0 Å². The molecule has 1 N–H and O–H groups in total. The predicted octanol–water partition coefficient (Wildman–Crippen LogP) is 4.21. The Labute approximate surface area is 165 Å². The summed E-state index contributed by atoms with van der Waals surface area (Å²) in [6, 6.07) is 8.73. The van der Waals surface area contributed by atoms with Crippen LogP contribution in [0.1, 0.15) is 42.2 Å². The van der Waals surface area contributed by atoms with E-state index in [0.717, 1.165) is 30.1 Å². The molecule has 0 aliphatic carbocycles. The summed E-state index contributed by atoms with van der Waals surface area (Å²) in [5.41, 5.74) is 2.94. The average molecular weight is 402 g/mol. The number of amides is 1. The second kappa shape index (κ2) is 9.53. The normalized spacial score (nSPS) is 16.2. The van der Waals surface area contributed by atoms with Gasteiger partial charge in [0.05, 0.1) is 0 Å². The molecule has 0 saturated carbocycles. The first kappa shape index (κ1) is 21.9. The minimum absolute atomic E-state index is 0. The topological polar surface area (TPSA) is 45.2 Å². The van der Waals surface area contributed by atoms with Gasteiger partial charge in [0.15, 0.2) is 0 Å². The Hall–Kier alpha value is -1.14. The Morgan fingerprint density at radius 1 is 1.28 bits per heavy atom. The van der Waals surface area contributed by atoms with Gasteiger partial charge in [-0.1, -0.05) is 38.1 Å². The predicted molar refractivity (Wildman–Crippen MR) is 110 cm³/mol. The van der Waals surface area contributed by atoms with Gasteiger partial charge in [-0.05, 0) is 24.4 Å². The third-order valence-corrected chi connectivity index (χ3v) is 5.34. The van der Waals surface area contributed by atoms with E-state index in [1.165, 1.54) is 16.9 Å². The number of thiazole rings is 1. The van der Waals surface area contributed by atoms with E-state index >= 15 is 0 Å². The lowest BCUT2D eigenvalue weighted by Gasteiger charge is -2.22. The molecule has 7 heteroatoms. The SMILES string of the molecule is CC(C)c1ccc(-c2nc(C(=O)N(C)C3CCNC3)cs2)cc1.Cl.Cl. The molecule has 1 atom stereocenters. The Morgan fingerprint density at radius 3 is 2.52 bits per heavy atom. The van der Waals surface area contributed by atoms with Gasteiger partial charge in [0.25, 0.3) is 5.91 Å². The van der Waals surface area contributed by atoms with Crippen molar-refractivity contribution in [3.63, 3.8) is 0 Å². The number of likely N-dealkylation sites (N-methyl/N-ethyl adjacent to an activating group) is 1. The molecule has 0 radical (unpaired) electrons. The van der Waals surface area contributed by atoms with Gasteiger partial charge < -0.3 is 10.2 Å². The zero-order valence-electron chi connectivity index (χ0n) is 14.7. The minimum atomic E-state index is 0. The van der Waals surface area contributed by atoms with Crippen LogP contribution in [0.4, 0.5) is 0 Å². The van der Waals surface area contributed by atoms with Gasteiger partial charge in [-0.2, -0.15) is 0 Å². The molecule has 1 aromatic heterocycles. The largest absolute Gasteiger partial charge is 0.336 e. The lowest BCUT2D eigenvalue weighted by atomic mass is 10.0. The fourth-order valence-corrected chi connectivity index (χ4v) is 3.63. The lowest BCUT2D eigenvalue weighted by molar-refractivity contribution is 0.0739. The molecule has 1 unspecified atom stereocenters. The number of halogens is 2. The fourth-order valence-electron chi connectivity index (χ4n) is 2.83. The van der Waals surface area contributed by atoms with Gasteiger partial charge >= 0.3 is 0 Å². The highest BCUT2D eigenvalue weighted by Gasteiger charge is 2.25. The van der Waals surface area contributed by atoms with E-state index in [9.17, 15) is 4.79 Å². The monoisotopic (exact) mass is 401 g/mol. The molecule has 1 aromatic carbocycles. The standard InChI is InChI=1S/C18H23N3OS.2ClH/c1-12(2)13-4-6-14(7-5-13)17-20-16(11-23-17)18(22)21(3)15-8-9-19-10-15;;/h4-7,11-12,15,19H,8-10H2,1-3H3;2*1H. The molecular formula is C18H25Cl2N3OS. The van der Waals surface area contributed by atoms with E-state index in [2.05, 4.69) is 48.4 Å². The quantitative estimate of drug-likeness (QED) is 0.833. The van der Waals surface area contributed by atoms with Crippen molar-refractivity contribution in [2.75, 3.05) is 20.1 Å². The molecule has 25 heavy (non-hydrogen) atoms. The fraction of sp³-hybridized carbons (Fsp3) is 0.444. The zero-order valence-corrected chi connectivity index (χ0v) is 17.1. The van der Waals surface area contributed by atoms with E-state index in [4.69, 9.17) is 0 Å². The third kappa shape index (κ3) is 4.94. The second-order valence-electron chi connectivity index (χ2n) is 6.38. The highest BCUT2D eigenvalue weighted by atomic mass is 35.5. The lowest BCUT2D eigenvalue weighted by Crippen LogP contribution is -2.38. The highest BCUT2D eigenvalue weighted by molar-refractivity contribution is 7.13. The smallest absolute Gasteiger partial charge is 0.273 e. The second-order valence-corrected chi connectivity index (χ2v) is 7.24. The van der Waals surface area contributed by atoms with Crippen LogP contribution >= 0.6 is 36.2 Å². The molecular weight excluding hydrogens is 377 g/mol. The van der Waals surface area contributed by atoms with Crippen molar-refractivity contribution in [2.45, 2.75) is 32.2 Å². The van der Waals surface area contributed by atoms with E-state index in [1.807, 2.05) is 17.3 Å². The first-order chi connectivity index (χ1) is 11.1. The molecule has 3 rings (SSSR count). The zero-order chi connectivity index (χ0) is 16.4. The van der Waals surface area contributed by atoms with Crippen LogP contribution in [0.25, 0.3) is 10.6 Å². The van der Waals surface area contributed by atoms with Gasteiger partial charge in [-0.3, -0.25) is 4.79 Å². The number of nitrogens with one attached hydrogen (secondary N) is 1. The van der Waals surface area contributed by atoms with Crippen molar-refractivity contribution in [1.82, 2.24) is 15.2 Å². The minimum Gasteiger partial charge on any atom is -0.336 e. The van der Waals surface area contributed by atoms with Crippen LogP contribution in [-0.2, 0) is 0 Å². The van der Waals surface area contributed by atoms with Crippen LogP contribution < -0.4 is 5.32 Å². The van der Waals surface area contributed by atoms with Crippen molar-refractivity contribution in [3.05, 3.63) is 40.9 Å². The van der Waals surface area contributed by atoms with Crippen LogP contribution in [0.15, 0.2) is 29.6 Å². The number of aromatic nitrogens is 1. The first-order valence-electron chi connectivity index (χ1n) is 8.10. The van der Waals surface area contributed by atoms with Gasteiger partial charge in [-0.15, -0.1) is 36.2 Å². The van der Waals surface area contributed by atoms with Crippen LogP contribution in [0, 0.1) is 0 Å². The third-order valence-electron chi connectivity index (χ3n) is 4.45. The summed E-state index contributed by atoms with van der Waals surface area (Å²) in [6.45, 7) is 6.22. The van der Waals surface area contributed by atoms with E-state index in [-0.39, 0.29) is 36.8 Å². The molecule has 0 bridgehead atoms. The summed E-state index contributed by atoms with van der Waals surface area (Å²) in [6.07, 6.45) is 1.01. The maximum atomic E-state index is 12.6. The molecule has 1 fully saturated rings. The van der Waals surface area contributed by atoms with Crippen LogP contribution in [-0.4, -0.2) is 42.0 Å². The van der Waals surface area contributed by atoms with Gasteiger partial charge in [0.2, 0.25) is 0 Å². The summed E-state index contributed by atoms with van der Waals surface area (Å²) < 4.78 is 0. The highest BCUT2D eigenvalue weighted by Crippen LogP contribution is 2.26. The Balaban J connectivity index is 0.00000156. The average Bonchev–Trinajstić information content (AvgIpc) is 3.25. The number of rotatable bonds is 4. The van der Waals surface area contributed by atoms with Crippen molar-refractivity contribution >= 4 is 42.1 Å². The number of carbonyl (C=O) groups is 1.